The second-order valence-electron chi connectivity index (χ2n) is 10.2. The van der Waals surface area contributed by atoms with E-state index in [1.165, 1.54) is 0 Å². The smallest absolute Gasteiger partial charge is 0.317 e. The topological polar surface area (TPSA) is 85.0 Å². The van der Waals surface area contributed by atoms with Gasteiger partial charge in [-0.05, 0) is 79.1 Å². The Morgan fingerprint density at radius 2 is 1.48 bits per heavy atom. The molecule has 0 amide bonds. The average molecular weight is 563 g/mol. The molecule has 1 N–H and O–H groups in total. The largest absolute Gasteiger partial charge is 0.493 e. The average Bonchev–Trinajstić information content (AvgIpc) is 3.35. The van der Waals surface area contributed by atoms with Crippen LogP contribution in [0.1, 0.15) is 28.1 Å². The van der Waals surface area contributed by atoms with E-state index in [9.17, 15) is 9.90 Å². The van der Waals surface area contributed by atoms with Crippen LogP contribution in [0.4, 0.5) is 0 Å². The van der Waals surface area contributed by atoms with Crippen molar-refractivity contribution in [2.24, 2.45) is 0 Å². The van der Waals surface area contributed by atoms with Gasteiger partial charge in [0.2, 0.25) is 5.89 Å². The Kier molecular flexibility index (Phi) is 9.31. The number of carboxylic acid groups (broad SMARTS) is 1. The highest BCUT2D eigenvalue weighted by Crippen LogP contribution is 2.24. The molecule has 1 heterocycles. The van der Waals surface area contributed by atoms with Gasteiger partial charge in [-0.25, -0.2) is 4.98 Å². The van der Waals surface area contributed by atoms with Gasteiger partial charge in [0, 0.05) is 25.1 Å². The van der Waals surface area contributed by atoms with Gasteiger partial charge < -0.3 is 19.0 Å². The van der Waals surface area contributed by atoms with Crippen molar-refractivity contribution in [1.82, 2.24) is 9.88 Å². The number of oxazole rings is 1. The summed E-state index contributed by atoms with van der Waals surface area (Å²) in [6.07, 6.45) is 0.630. The fourth-order valence-corrected chi connectivity index (χ4v) is 4.67. The second kappa shape index (κ2) is 13.7. The molecule has 0 spiro atoms. The standard InChI is InChI=1S/C35H34N2O5/c1-25-7-6-10-32(21-25)42-31-17-13-28(14-18-31)23-37(24-34(38)39)22-27-11-15-30(16-12-27)40-20-19-33-26(2)41-35(36-33)29-8-4-3-5-9-29/h3-18,21H,19-20,22-24H2,1-2H3,(H,38,39). The van der Waals surface area contributed by atoms with E-state index in [2.05, 4.69) is 4.98 Å². The first kappa shape index (κ1) is 28.6. The van der Waals surface area contributed by atoms with Crippen LogP contribution in [0.25, 0.3) is 11.5 Å². The Morgan fingerprint density at radius 3 is 2.12 bits per heavy atom. The molecule has 0 radical (unpaired) electrons. The number of hydrogen-bond donors (Lipinski definition) is 1. The Bertz CT molecular complexity index is 1600. The number of benzene rings is 4. The molecule has 0 aliphatic heterocycles. The summed E-state index contributed by atoms with van der Waals surface area (Å²) in [6.45, 7) is 5.33. The number of rotatable bonds is 13. The monoisotopic (exact) mass is 562 g/mol. The summed E-state index contributed by atoms with van der Waals surface area (Å²) in [7, 11) is 0. The van der Waals surface area contributed by atoms with Crippen molar-refractivity contribution in [2.75, 3.05) is 13.2 Å². The molecule has 0 bridgehead atoms. The highest BCUT2D eigenvalue weighted by Gasteiger charge is 2.13. The molecular formula is C35H34N2O5. The zero-order valence-corrected chi connectivity index (χ0v) is 23.8. The molecule has 7 heteroatoms. The molecule has 7 nitrogen and oxygen atoms in total. The van der Waals surface area contributed by atoms with E-state index in [4.69, 9.17) is 13.9 Å². The number of aliphatic carboxylic acids is 1. The summed E-state index contributed by atoms with van der Waals surface area (Å²) in [6, 6.07) is 33.2. The minimum atomic E-state index is -0.868. The minimum Gasteiger partial charge on any atom is -0.493 e. The van der Waals surface area contributed by atoms with Gasteiger partial charge >= 0.3 is 5.97 Å². The van der Waals surface area contributed by atoms with Gasteiger partial charge in [0.1, 0.15) is 23.0 Å². The molecule has 1 aromatic heterocycles. The maximum atomic E-state index is 11.6. The van der Waals surface area contributed by atoms with Crippen molar-refractivity contribution in [3.63, 3.8) is 0 Å². The summed E-state index contributed by atoms with van der Waals surface area (Å²) in [5.41, 5.74) is 4.97. The van der Waals surface area contributed by atoms with Crippen molar-refractivity contribution in [1.29, 1.82) is 0 Å². The Morgan fingerprint density at radius 1 is 0.810 bits per heavy atom. The van der Waals surface area contributed by atoms with Crippen LogP contribution in [0.3, 0.4) is 0 Å². The molecular weight excluding hydrogens is 528 g/mol. The maximum Gasteiger partial charge on any atom is 0.317 e. The lowest BCUT2D eigenvalue weighted by molar-refractivity contribution is -0.138. The maximum absolute atomic E-state index is 11.6. The Labute approximate surface area is 246 Å². The molecule has 0 aliphatic carbocycles. The van der Waals surface area contributed by atoms with Crippen LogP contribution < -0.4 is 9.47 Å². The van der Waals surface area contributed by atoms with Gasteiger partial charge in [-0.1, -0.05) is 54.6 Å². The first-order chi connectivity index (χ1) is 20.4. The lowest BCUT2D eigenvalue weighted by atomic mass is 10.1. The van der Waals surface area contributed by atoms with Crippen LogP contribution in [0.15, 0.2) is 108 Å². The summed E-state index contributed by atoms with van der Waals surface area (Å²) in [4.78, 5) is 18.1. The third kappa shape index (κ3) is 8.08. The zero-order valence-electron chi connectivity index (χ0n) is 23.8. The van der Waals surface area contributed by atoms with Gasteiger partial charge in [-0.3, -0.25) is 9.69 Å². The first-order valence-corrected chi connectivity index (χ1v) is 13.9. The number of aryl methyl sites for hydroxylation is 2. The van der Waals surface area contributed by atoms with Gasteiger partial charge in [0.15, 0.2) is 0 Å². The van der Waals surface area contributed by atoms with Crippen molar-refractivity contribution < 1.29 is 23.8 Å². The molecule has 5 aromatic rings. The van der Waals surface area contributed by atoms with Crippen LogP contribution >= 0.6 is 0 Å². The quantitative estimate of drug-likeness (QED) is 0.159. The van der Waals surface area contributed by atoms with Crippen LogP contribution in [0.5, 0.6) is 17.2 Å². The molecule has 214 valence electrons. The Hall–Kier alpha value is -4.88. The van der Waals surface area contributed by atoms with Crippen molar-refractivity contribution in [2.45, 2.75) is 33.4 Å². The van der Waals surface area contributed by atoms with Gasteiger partial charge in [0.05, 0.1) is 18.8 Å². The van der Waals surface area contributed by atoms with E-state index in [0.717, 1.165) is 51.0 Å². The van der Waals surface area contributed by atoms with E-state index < -0.39 is 5.97 Å². The zero-order chi connectivity index (χ0) is 29.3. The SMILES string of the molecule is Cc1cccc(Oc2ccc(CN(CC(=O)O)Cc3ccc(OCCc4nc(-c5ccccc5)oc4C)cc3)cc2)c1. The fourth-order valence-electron chi connectivity index (χ4n) is 4.67. The minimum absolute atomic E-state index is 0.0676. The number of hydrogen-bond acceptors (Lipinski definition) is 6. The molecule has 0 saturated carbocycles. The van der Waals surface area contributed by atoms with Crippen molar-refractivity contribution >= 4 is 5.97 Å². The third-order valence-corrected chi connectivity index (χ3v) is 6.76. The van der Waals surface area contributed by atoms with Gasteiger partial charge in [0.25, 0.3) is 0 Å². The van der Waals surface area contributed by atoms with Crippen molar-refractivity contribution in [3.05, 3.63) is 131 Å². The van der Waals surface area contributed by atoms with E-state index in [0.29, 0.717) is 32.0 Å². The predicted octanol–water partition coefficient (Wildman–Crippen LogP) is 7.46. The molecule has 0 fully saturated rings. The number of carbonyl (C=O) groups is 1. The molecule has 0 unspecified atom stereocenters. The van der Waals surface area contributed by atoms with E-state index >= 15 is 0 Å². The number of ether oxygens (including phenoxy) is 2. The van der Waals surface area contributed by atoms with Crippen LogP contribution in [-0.2, 0) is 24.3 Å². The lowest BCUT2D eigenvalue weighted by Gasteiger charge is -2.21. The molecule has 0 saturated heterocycles. The lowest BCUT2D eigenvalue weighted by Crippen LogP contribution is -2.28. The van der Waals surface area contributed by atoms with Crippen LogP contribution in [-0.4, -0.2) is 34.1 Å². The highest BCUT2D eigenvalue weighted by atomic mass is 16.5. The summed E-state index contributed by atoms with van der Waals surface area (Å²) in [5, 5.41) is 9.50. The predicted molar refractivity (Wildman–Crippen MR) is 162 cm³/mol. The number of aromatic nitrogens is 1. The van der Waals surface area contributed by atoms with E-state index in [1.807, 2.05) is 122 Å². The summed E-state index contributed by atoms with van der Waals surface area (Å²) < 4.78 is 17.7. The molecule has 42 heavy (non-hydrogen) atoms. The highest BCUT2D eigenvalue weighted by molar-refractivity contribution is 5.69. The summed E-state index contributed by atoms with van der Waals surface area (Å²) >= 11 is 0. The van der Waals surface area contributed by atoms with Crippen LogP contribution in [0, 0.1) is 13.8 Å². The molecule has 4 aromatic carbocycles. The van der Waals surface area contributed by atoms with Crippen molar-refractivity contribution in [3.8, 4) is 28.7 Å². The van der Waals surface area contributed by atoms with E-state index in [-0.39, 0.29) is 6.54 Å². The molecule has 0 aliphatic rings. The fraction of sp³-hybridized carbons (Fsp3) is 0.200. The normalized spacial score (nSPS) is 11.0. The third-order valence-electron chi connectivity index (χ3n) is 6.76. The van der Waals surface area contributed by atoms with Crippen LogP contribution in [0.2, 0.25) is 0 Å². The van der Waals surface area contributed by atoms with Gasteiger partial charge in [-0.2, -0.15) is 0 Å². The Balaban J connectivity index is 1.14. The second-order valence-corrected chi connectivity index (χ2v) is 10.2. The molecule has 0 atom stereocenters. The first-order valence-electron chi connectivity index (χ1n) is 13.9. The number of carboxylic acids is 1. The van der Waals surface area contributed by atoms with E-state index in [1.54, 1.807) is 0 Å². The van der Waals surface area contributed by atoms with Gasteiger partial charge in [-0.15, -0.1) is 0 Å². The summed E-state index contributed by atoms with van der Waals surface area (Å²) in [5.74, 6) is 2.81. The molecule has 5 rings (SSSR count). The number of nitrogens with zero attached hydrogens (tertiary/aromatic N) is 2.